The minimum absolute atomic E-state index is 0.309. The second-order valence-electron chi connectivity index (χ2n) is 4.98. The van der Waals surface area contributed by atoms with E-state index in [1.165, 1.54) is 18.4 Å². The first kappa shape index (κ1) is 13.5. The lowest BCUT2D eigenvalue weighted by atomic mass is 10.0. The summed E-state index contributed by atoms with van der Waals surface area (Å²) in [7, 11) is 0. The molecule has 102 valence electrons. The van der Waals surface area contributed by atoms with Gasteiger partial charge in [0.15, 0.2) is 0 Å². The van der Waals surface area contributed by atoms with E-state index in [1.54, 1.807) is 0 Å². The summed E-state index contributed by atoms with van der Waals surface area (Å²) in [5, 5.41) is 4.28. The molecule has 2 rings (SSSR count). The fourth-order valence-corrected chi connectivity index (χ4v) is 2.47. The Morgan fingerprint density at radius 2 is 2.56 bits per heavy atom. The molecule has 0 amide bonds. The maximum Gasteiger partial charge on any atom is 0.0576 e. The van der Waals surface area contributed by atoms with Crippen molar-refractivity contribution in [2.75, 3.05) is 6.61 Å². The van der Waals surface area contributed by atoms with Gasteiger partial charge >= 0.3 is 0 Å². The van der Waals surface area contributed by atoms with E-state index in [2.05, 4.69) is 23.6 Å². The van der Waals surface area contributed by atoms with Crippen molar-refractivity contribution in [3.05, 3.63) is 18.0 Å². The summed E-state index contributed by atoms with van der Waals surface area (Å²) >= 11 is 0. The number of nitrogens with one attached hydrogen (secondary N) is 1. The number of hydrogen-bond acceptors (Lipinski definition) is 4. The van der Waals surface area contributed by atoms with Crippen LogP contribution in [0.25, 0.3) is 0 Å². The number of aromatic nitrogens is 2. The van der Waals surface area contributed by atoms with Gasteiger partial charge < -0.3 is 4.74 Å². The molecule has 1 aliphatic rings. The molecule has 2 atom stereocenters. The molecule has 0 radical (unpaired) electrons. The van der Waals surface area contributed by atoms with Gasteiger partial charge in [0, 0.05) is 25.4 Å². The Kier molecular flexibility index (Phi) is 5.16. The lowest BCUT2D eigenvalue weighted by molar-refractivity contribution is 0.0996. The predicted molar refractivity (Wildman–Crippen MR) is 70.9 cm³/mol. The summed E-state index contributed by atoms with van der Waals surface area (Å²) in [6.45, 7) is 3.93. The van der Waals surface area contributed by atoms with Crippen molar-refractivity contribution in [3.8, 4) is 0 Å². The molecule has 1 aliphatic heterocycles. The highest BCUT2D eigenvalue weighted by atomic mass is 16.5. The van der Waals surface area contributed by atoms with Crippen LogP contribution in [0.1, 0.15) is 38.2 Å². The van der Waals surface area contributed by atoms with Gasteiger partial charge in [0.05, 0.1) is 12.3 Å². The first-order chi connectivity index (χ1) is 8.81. The summed E-state index contributed by atoms with van der Waals surface area (Å²) in [6.07, 6.45) is 9.95. The zero-order valence-corrected chi connectivity index (χ0v) is 11.1. The van der Waals surface area contributed by atoms with Crippen molar-refractivity contribution in [2.45, 2.75) is 57.7 Å². The molecular weight excluding hydrogens is 228 g/mol. The van der Waals surface area contributed by atoms with Crippen LogP contribution in [0.2, 0.25) is 0 Å². The third kappa shape index (κ3) is 3.80. The molecule has 0 aromatic carbocycles. The van der Waals surface area contributed by atoms with E-state index in [9.17, 15) is 0 Å². The number of rotatable bonds is 7. The van der Waals surface area contributed by atoms with Crippen molar-refractivity contribution < 1.29 is 4.74 Å². The zero-order valence-electron chi connectivity index (χ0n) is 11.1. The Balaban J connectivity index is 1.77. The molecule has 1 aromatic heterocycles. The van der Waals surface area contributed by atoms with E-state index in [1.807, 2.05) is 10.9 Å². The largest absolute Gasteiger partial charge is 0.378 e. The number of ether oxygens (including phenoxy) is 1. The van der Waals surface area contributed by atoms with Gasteiger partial charge in [-0.3, -0.25) is 16.0 Å². The van der Waals surface area contributed by atoms with Gasteiger partial charge in [-0.1, -0.05) is 0 Å². The molecule has 5 heteroatoms. The van der Waals surface area contributed by atoms with Crippen molar-refractivity contribution in [1.82, 2.24) is 15.2 Å². The van der Waals surface area contributed by atoms with Crippen LogP contribution in [0.3, 0.4) is 0 Å². The molecule has 1 fully saturated rings. The first-order valence-corrected chi connectivity index (χ1v) is 6.91. The molecule has 0 aliphatic carbocycles. The molecule has 3 N–H and O–H groups in total. The number of hydrogen-bond donors (Lipinski definition) is 2. The Morgan fingerprint density at radius 3 is 3.17 bits per heavy atom. The van der Waals surface area contributed by atoms with Crippen molar-refractivity contribution in [3.63, 3.8) is 0 Å². The lowest BCUT2D eigenvalue weighted by Crippen LogP contribution is -2.37. The van der Waals surface area contributed by atoms with Crippen LogP contribution in [0, 0.1) is 0 Å². The summed E-state index contributed by atoms with van der Waals surface area (Å²) in [4.78, 5) is 0. The van der Waals surface area contributed by atoms with E-state index in [-0.39, 0.29) is 0 Å². The van der Waals surface area contributed by atoms with Crippen LogP contribution in [-0.2, 0) is 17.7 Å². The average molecular weight is 252 g/mol. The van der Waals surface area contributed by atoms with E-state index >= 15 is 0 Å². The molecule has 1 saturated heterocycles. The molecule has 2 unspecified atom stereocenters. The van der Waals surface area contributed by atoms with Crippen LogP contribution in [0.4, 0.5) is 0 Å². The Bertz CT molecular complexity index is 347. The van der Waals surface area contributed by atoms with Gasteiger partial charge in [-0.05, 0) is 44.6 Å². The van der Waals surface area contributed by atoms with E-state index < -0.39 is 0 Å². The van der Waals surface area contributed by atoms with Crippen LogP contribution >= 0.6 is 0 Å². The molecule has 0 spiro atoms. The van der Waals surface area contributed by atoms with Crippen molar-refractivity contribution >= 4 is 0 Å². The molecule has 18 heavy (non-hydrogen) atoms. The maximum absolute atomic E-state index is 5.63. The summed E-state index contributed by atoms with van der Waals surface area (Å²) in [5.74, 6) is 5.63. The summed E-state index contributed by atoms with van der Waals surface area (Å²) in [5.41, 5.74) is 4.15. The minimum atomic E-state index is 0.309. The number of aryl methyl sites for hydroxylation is 1. The summed E-state index contributed by atoms with van der Waals surface area (Å²) in [6, 6.07) is 0.309. The summed E-state index contributed by atoms with van der Waals surface area (Å²) < 4.78 is 7.58. The Hall–Kier alpha value is -0.910. The number of hydrazine groups is 1. The smallest absolute Gasteiger partial charge is 0.0576 e. The van der Waals surface area contributed by atoms with Crippen LogP contribution in [0.5, 0.6) is 0 Å². The molecule has 0 saturated carbocycles. The normalized spacial score (nSPS) is 21.3. The quantitative estimate of drug-likeness (QED) is 0.566. The van der Waals surface area contributed by atoms with Crippen molar-refractivity contribution in [1.29, 1.82) is 0 Å². The Morgan fingerprint density at radius 1 is 1.67 bits per heavy atom. The highest BCUT2D eigenvalue weighted by molar-refractivity contribution is 5.06. The average Bonchev–Trinajstić information content (AvgIpc) is 3.05. The molecule has 2 heterocycles. The Labute approximate surface area is 109 Å². The van der Waals surface area contributed by atoms with E-state index in [0.29, 0.717) is 12.1 Å². The van der Waals surface area contributed by atoms with Gasteiger partial charge in [0.25, 0.3) is 0 Å². The first-order valence-electron chi connectivity index (χ1n) is 6.91. The lowest BCUT2D eigenvalue weighted by Gasteiger charge is -2.17. The van der Waals surface area contributed by atoms with Gasteiger partial charge in [0.2, 0.25) is 0 Å². The van der Waals surface area contributed by atoms with Gasteiger partial charge in [-0.15, -0.1) is 0 Å². The van der Waals surface area contributed by atoms with Gasteiger partial charge in [-0.25, -0.2) is 0 Å². The minimum Gasteiger partial charge on any atom is -0.378 e. The second-order valence-corrected chi connectivity index (χ2v) is 4.98. The monoisotopic (exact) mass is 252 g/mol. The van der Waals surface area contributed by atoms with E-state index in [0.717, 1.165) is 32.4 Å². The van der Waals surface area contributed by atoms with Crippen LogP contribution < -0.4 is 11.3 Å². The molecular formula is C13H24N4O. The standard InChI is InChI=1S/C13H24N4O/c1-2-17-10-11(9-15-17)8-12(16-14)5-6-13-4-3-7-18-13/h9-10,12-13,16H,2-8,14H2,1H3. The second kappa shape index (κ2) is 6.87. The number of nitrogens with zero attached hydrogens (tertiary/aromatic N) is 2. The highest BCUT2D eigenvalue weighted by Crippen LogP contribution is 2.18. The maximum atomic E-state index is 5.63. The number of nitrogens with two attached hydrogens (primary N) is 1. The van der Waals surface area contributed by atoms with Crippen molar-refractivity contribution in [2.24, 2.45) is 5.84 Å². The van der Waals surface area contributed by atoms with E-state index in [4.69, 9.17) is 10.6 Å². The molecule has 1 aromatic rings. The fourth-order valence-electron chi connectivity index (χ4n) is 2.47. The van der Waals surface area contributed by atoms with Gasteiger partial charge in [0.1, 0.15) is 0 Å². The predicted octanol–water partition coefficient (Wildman–Crippen LogP) is 1.24. The fraction of sp³-hybridized carbons (Fsp3) is 0.769. The topological polar surface area (TPSA) is 65.1 Å². The van der Waals surface area contributed by atoms with Gasteiger partial charge in [-0.2, -0.15) is 5.10 Å². The van der Waals surface area contributed by atoms with Crippen LogP contribution in [0.15, 0.2) is 12.4 Å². The third-order valence-corrected chi connectivity index (χ3v) is 3.59. The van der Waals surface area contributed by atoms with Crippen LogP contribution in [-0.4, -0.2) is 28.5 Å². The SMILES string of the molecule is CCn1cc(CC(CCC2CCCO2)NN)cn1. The molecule has 0 bridgehead atoms. The zero-order chi connectivity index (χ0) is 12.8. The highest BCUT2D eigenvalue weighted by Gasteiger charge is 2.17. The third-order valence-electron chi connectivity index (χ3n) is 3.59. The molecule has 5 nitrogen and oxygen atoms in total.